The number of thiazole rings is 1. The van der Waals surface area contributed by atoms with E-state index in [0.29, 0.717) is 16.5 Å². The van der Waals surface area contributed by atoms with E-state index in [0.717, 1.165) is 16.1 Å². The number of oxazole rings is 1. The van der Waals surface area contributed by atoms with Crippen molar-refractivity contribution in [3.05, 3.63) is 65.3 Å². The van der Waals surface area contributed by atoms with E-state index in [1.165, 1.54) is 17.7 Å². The van der Waals surface area contributed by atoms with Crippen molar-refractivity contribution in [2.45, 2.75) is 0 Å². The molecule has 0 radical (unpaired) electrons. The lowest BCUT2D eigenvalue weighted by molar-refractivity contribution is 0.102. The number of hydrogen-bond donors (Lipinski definition) is 1. The Hall–Kier alpha value is -2.77. The Morgan fingerprint density at radius 1 is 1.12 bits per heavy atom. The Labute approximate surface area is 145 Å². The van der Waals surface area contributed by atoms with Crippen LogP contribution in [0.1, 0.15) is 10.4 Å². The summed E-state index contributed by atoms with van der Waals surface area (Å²) in [4.78, 5) is 21.7. The summed E-state index contributed by atoms with van der Waals surface area (Å²) in [6.07, 6.45) is 3.01. The molecule has 7 heteroatoms. The molecule has 0 spiro atoms. The van der Waals surface area contributed by atoms with E-state index < -0.39 is 0 Å². The SMILES string of the molecule is O=C(Nc1nc(-c2cccs2)cs1)c1ccc(-c2cnco2)cc1. The maximum absolute atomic E-state index is 12.3. The van der Waals surface area contributed by atoms with Crippen LogP contribution >= 0.6 is 22.7 Å². The molecule has 0 aliphatic heterocycles. The standard InChI is InChI=1S/C17H11N3O2S2/c21-16(12-5-3-11(4-6-12)14-8-18-10-22-14)20-17-19-13(9-24-17)15-2-1-7-23-15/h1-10H,(H,19,20,21). The van der Waals surface area contributed by atoms with Crippen molar-refractivity contribution in [3.8, 4) is 21.9 Å². The minimum atomic E-state index is -0.189. The van der Waals surface area contributed by atoms with Crippen molar-refractivity contribution in [2.24, 2.45) is 0 Å². The number of thiophene rings is 1. The molecule has 24 heavy (non-hydrogen) atoms. The molecular weight excluding hydrogens is 342 g/mol. The van der Waals surface area contributed by atoms with Crippen LogP contribution in [0.2, 0.25) is 0 Å². The van der Waals surface area contributed by atoms with Crippen LogP contribution in [-0.2, 0) is 0 Å². The third-order valence-electron chi connectivity index (χ3n) is 3.36. The monoisotopic (exact) mass is 353 g/mol. The lowest BCUT2D eigenvalue weighted by Crippen LogP contribution is -2.11. The van der Waals surface area contributed by atoms with Crippen molar-refractivity contribution in [1.29, 1.82) is 0 Å². The van der Waals surface area contributed by atoms with E-state index in [-0.39, 0.29) is 5.91 Å². The molecule has 0 fully saturated rings. The van der Waals surface area contributed by atoms with Crippen molar-refractivity contribution in [3.63, 3.8) is 0 Å². The van der Waals surface area contributed by atoms with E-state index in [2.05, 4.69) is 15.3 Å². The summed E-state index contributed by atoms with van der Waals surface area (Å²) in [6.45, 7) is 0. The number of benzene rings is 1. The fourth-order valence-corrected chi connectivity index (χ4v) is 3.65. The zero-order valence-corrected chi connectivity index (χ0v) is 13.9. The zero-order chi connectivity index (χ0) is 16.4. The molecule has 4 rings (SSSR count). The van der Waals surface area contributed by atoms with E-state index in [9.17, 15) is 4.79 Å². The summed E-state index contributed by atoms with van der Waals surface area (Å²) in [5.74, 6) is 0.480. The lowest BCUT2D eigenvalue weighted by atomic mass is 10.1. The maximum atomic E-state index is 12.3. The van der Waals surface area contributed by atoms with Gasteiger partial charge in [0.15, 0.2) is 17.3 Å². The number of carbonyl (C=O) groups excluding carboxylic acids is 1. The first-order valence-electron chi connectivity index (χ1n) is 7.09. The van der Waals surface area contributed by atoms with Crippen LogP contribution in [-0.4, -0.2) is 15.9 Å². The highest BCUT2D eigenvalue weighted by Gasteiger charge is 2.11. The van der Waals surface area contributed by atoms with Crippen LogP contribution in [0.25, 0.3) is 21.9 Å². The molecule has 1 aromatic carbocycles. The normalized spacial score (nSPS) is 10.7. The van der Waals surface area contributed by atoms with Gasteiger partial charge in [-0.3, -0.25) is 10.1 Å². The van der Waals surface area contributed by atoms with E-state index >= 15 is 0 Å². The number of rotatable bonds is 4. The third kappa shape index (κ3) is 2.99. The van der Waals surface area contributed by atoms with E-state index in [4.69, 9.17) is 4.42 Å². The van der Waals surface area contributed by atoms with Gasteiger partial charge in [-0.1, -0.05) is 18.2 Å². The van der Waals surface area contributed by atoms with Crippen LogP contribution in [0, 0.1) is 0 Å². The molecule has 0 bridgehead atoms. The number of anilines is 1. The molecular formula is C17H11N3O2S2. The topological polar surface area (TPSA) is 68.0 Å². The highest BCUT2D eigenvalue weighted by Crippen LogP contribution is 2.28. The van der Waals surface area contributed by atoms with Crippen molar-refractivity contribution >= 4 is 33.7 Å². The summed E-state index contributed by atoms with van der Waals surface area (Å²) < 4.78 is 5.23. The number of amides is 1. The van der Waals surface area contributed by atoms with Gasteiger partial charge in [0.05, 0.1) is 16.8 Å². The van der Waals surface area contributed by atoms with Gasteiger partial charge in [0.25, 0.3) is 5.91 Å². The van der Waals surface area contributed by atoms with Crippen LogP contribution in [0.3, 0.4) is 0 Å². The first-order chi connectivity index (χ1) is 11.8. The van der Waals surface area contributed by atoms with Gasteiger partial charge in [-0.15, -0.1) is 22.7 Å². The van der Waals surface area contributed by atoms with Gasteiger partial charge in [0.2, 0.25) is 0 Å². The van der Waals surface area contributed by atoms with Gasteiger partial charge in [-0.2, -0.15) is 0 Å². The van der Waals surface area contributed by atoms with Crippen LogP contribution in [0.4, 0.5) is 5.13 Å². The Morgan fingerprint density at radius 3 is 2.71 bits per heavy atom. The second-order valence-electron chi connectivity index (χ2n) is 4.91. The van der Waals surface area contributed by atoms with Gasteiger partial charge in [0, 0.05) is 16.5 Å². The molecule has 118 valence electrons. The van der Waals surface area contributed by atoms with Crippen LogP contribution < -0.4 is 5.32 Å². The van der Waals surface area contributed by atoms with Gasteiger partial charge in [-0.25, -0.2) is 9.97 Å². The van der Waals surface area contributed by atoms with Crippen molar-refractivity contribution in [1.82, 2.24) is 9.97 Å². The molecule has 1 amide bonds. The fourth-order valence-electron chi connectivity index (χ4n) is 2.18. The Balaban J connectivity index is 1.48. The highest BCUT2D eigenvalue weighted by atomic mass is 32.1. The highest BCUT2D eigenvalue weighted by molar-refractivity contribution is 7.16. The van der Waals surface area contributed by atoms with E-state index in [1.807, 2.05) is 35.0 Å². The predicted octanol–water partition coefficient (Wildman–Crippen LogP) is 4.78. The number of carbonyl (C=O) groups is 1. The van der Waals surface area contributed by atoms with Gasteiger partial charge >= 0.3 is 0 Å². The Morgan fingerprint density at radius 2 is 2.00 bits per heavy atom. The minimum Gasteiger partial charge on any atom is -0.444 e. The number of aromatic nitrogens is 2. The largest absolute Gasteiger partial charge is 0.444 e. The third-order valence-corrected chi connectivity index (χ3v) is 5.01. The molecule has 0 saturated heterocycles. The fraction of sp³-hybridized carbons (Fsp3) is 0. The maximum Gasteiger partial charge on any atom is 0.257 e. The van der Waals surface area contributed by atoms with Crippen molar-refractivity contribution in [2.75, 3.05) is 5.32 Å². The molecule has 4 aromatic rings. The summed E-state index contributed by atoms with van der Waals surface area (Å²) in [5.41, 5.74) is 2.32. The molecule has 1 N–H and O–H groups in total. The van der Waals surface area contributed by atoms with Gasteiger partial charge in [0.1, 0.15) is 0 Å². The summed E-state index contributed by atoms with van der Waals surface area (Å²) >= 11 is 3.03. The average molecular weight is 353 g/mol. The number of nitrogens with one attached hydrogen (secondary N) is 1. The second-order valence-corrected chi connectivity index (χ2v) is 6.72. The minimum absolute atomic E-state index is 0.189. The van der Waals surface area contributed by atoms with Crippen LogP contribution in [0.5, 0.6) is 0 Å². The average Bonchev–Trinajstić information content (AvgIpc) is 3.36. The number of nitrogens with zero attached hydrogens (tertiary/aromatic N) is 2. The van der Waals surface area contributed by atoms with Gasteiger partial charge in [-0.05, 0) is 23.6 Å². The molecule has 0 atom stereocenters. The summed E-state index contributed by atoms with van der Waals surface area (Å²) in [6, 6.07) is 11.1. The molecule has 5 nitrogen and oxygen atoms in total. The molecule has 0 aliphatic carbocycles. The molecule has 3 heterocycles. The first kappa shape index (κ1) is 14.8. The second kappa shape index (κ2) is 6.38. The summed E-state index contributed by atoms with van der Waals surface area (Å²) in [5, 5.41) is 7.36. The molecule has 0 saturated carbocycles. The van der Waals surface area contributed by atoms with Gasteiger partial charge < -0.3 is 4.42 Å². The molecule has 0 aliphatic rings. The lowest BCUT2D eigenvalue weighted by Gasteiger charge is -2.02. The Bertz CT molecular complexity index is 942. The quantitative estimate of drug-likeness (QED) is 0.573. The number of hydrogen-bond acceptors (Lipinski definition) is 6. The van der Waals surface area contributed by atoms with Crippen molar-refractivity contribution < 1.29 is 9.21 Å². The zero-order valence-electron chi connectivity index (χ0n) is 12.3. The Kier molecular flexibility index (Phi) is 3.94. The molecule has 0 unspecified atom stereocenters. The van der Waals surface area contributed by atoms with E-state index in [1.54, 1.807) is 29.7 Å². The smallest absolute Gasteiger partial charge is 0.257 e. The first-order valence-corrected chi connectivity index (χ1v) is 8.85. The predicted molar refractivity (Wildman–Crippen MR) is 95.3 cm³/mol. The van der Waals surface area contributed by atoms with Crippen LogP contribution in [0.15, 0.2) is 64.2 Å². The summed E-state index contributed by atoms with van der Waals surface area (Å²) in [7, 11) is 0. The molecule has 3 aromatic heterocycles.